The molecule has 26 heavy (non-hydrogen) atoms. The Bertz CT molecular complexity index is 606. The van der Waals surface area contributed by atoms with E-state index in [1.165, 1.54) is 0 Å². The van der Waals surface area contributed by atoms with Crippen molar-refractivity contribution in [3.8, 4) is 0 Å². The van der Waals surface area contributed by atoms with Gasteiger partial charge in [0.2, 0.25) is 0 Å². The maximum absolute atomic E-state index is 12.4. The highest BCUT2D eigenvalue weighted by atomic mass is 16.5. The molecular weight excluding hydrogens is 334 g/mol. The van der Waals surface area contributed by atoms with Gasteiger partial charge in [-0.1, -0.05) is 0 Å². The molecule has 0 spiro atoms. The van der Waals surface area contributed by atoms with Crippen molar-refractivity contribution in [2.24, 2.45) is 0 Å². The van der Waals surface area contributed by atoms with Crippen molar-refractivity contribution in [2.75, 3.05) is 51.3 Å². The number of benzene rings is 1. The van der Waals surface area contributed by atoms with Crippen molar-refractivity contribution in [1.82, 2.24) is 9.80 Å². The van der Waals surface area contributed by atoms with Gasteiger partial charge in [-0.05, 0) is 44.0 Å². The van der Waals surface area contributed by atoms with Crippen molar-refractivity contribution in [1.29, 1.82) is 0 Å². The number of esters is 1. The Morgan fingerprint density at radius 3 is 2.54 bits per heavy atom. The quantitative estimate of drug-likeness (QED) is 0.814. The topological polar surface area (TPSA) is 71.1 Å². The van der Waals surface area contributed by atoms with Crippen molar-refractivity contribution in [3.05, 3.63) is 29.8 Å². The summed E-state index contributed by atoms with van der Waals surface area (Å²) in [5.41, 5.74) is 1.15. The molecule has 7 nitrogen and oxygen atoms in total. The van der Waals surface area contributed by atoms with Gasteiger partial charge in [-0.25, -0.2) is 9.59 Å². The van der Waals surface area contributed by atoms with Crippen LogP contribution < -0.4 is 5.32 Å². The first-order chi connectivity index (χ1) is 12.7. The smallest absolute Gasteiger partial charge is 0.338 e. The summed E-state index contributed by atoms with van der Waals surface area (Å²) in [4.78, 5) is 28.3. The van der Waals surface area contributed by atoms with Crippen LogP contribution in [0.5, 0.6) is 0 Å². The highest BCUT2D eigenvalue weighted by Crippen LogP contribution is 2.15. The van der Waals surface area contributed by atoms with Crippen LogP contribution in [0.3, 0.4) is 0 Å². The number of anilines is 1. The molecule has 2 saturated heterocycles. The van der Waals surface area contributed by atoms with Crippen LogP contribution in [0, 0.1) is 0 Å². The molecule has 2 aliphatic heterocycles. The molecule has 3 rings (SSSR count). The number of carbonyl (C=O) groups excluding carboxylic acids is 2. The average Bonchev–Trinajstić information content (AvgIpc) is 3.16. The second-order valence-electron chi connectivity index (χ2n) is 6.65. The van der Waals surface area contributed by atoms with Gasteiger partial charge in [0.05, 0.1) is 18.3 Å². The fourth-order valence-corrected chi connectivity index (χ4v) is 3.32. The minimum atomic E-state index is -0.354. The number of hydrogen-bond donors (Lipinski definition) is 1. The van der Waals surface area contributed by atoms with Crippen LogP contribution in [-0.2, 0) is 9.47 Å². The molecular formula is C19H27N3O4. The summed E-state index contributed by atoms with van der Waals surface area (Å²) in [6.07, 6.45) is 2.65. The van der Waals surface area contributed by atoms with Crippen LogP contribution in [0.15, 0.2) is 24.3 Å². The zero-order valence-corrected chi connectivity index (χ0v) is 15.3. The van der Waals surface area contributed by atoms with Crippen molar-refractivity contribution < 1.29 is 19.1 Å². The molecule has 142 valence electrons. The number of nitrogens with one attached hydrogen (secondary N) is 1. The summed E-state index contributed by atoms with van der Waals surface area (Å²) in [6, 6.07) is 6.65. The van der Waals surface area contributed by atoms with E-state index in [2.05, 4.69) is 10.2 Å². The van der Waals surface area contributed by atoms with Crippen molar-refractivity contribution >= 4 is 17.7 Å². The summed E-state index contributed by atoms with van der Waals surface area (Å²) in [7, 11) is 0. The molecule has 2 heterocycles. The number of amides is 2. The van der Waals surface area contributed by atoms with Crippen LogP contribution in [0.1, 0.15) is 30.1 Å². The molecule has 1 N–H and O–H groups in total. The molecule has 0 saturated carbocycles. The van der Waals surface area contributed by atoms with E-state index in [0.29, 0.717) is 37.1 Å². The lowest BCUT2D eigenvalue weighted by molar-refractivity contribution is 0.0526. The van der Waals surface area contributed by atoms with Gasteiger partial charge >= 0.3 is 12.0 Å². The van der Waals surface area contributed by atoms with Gasteiger partial charge in [-0.15, -0.1) is 0 Å². The summed E-state index contributed by atoms with van der Waals surface area (Å²) < 4.78 is 10.6. The van der Waals surface area contributed by atoms with Crippen molar-refractivity contribution in [2.45, 2.75) is 25.9 Å². The summed E-state index contributed by atoms with van der Waals surface area (Å²) >= 11 is 0. The third kappa shape index (κ3) is 4.95. The monoisotopic (exact) mass is 361 g/mol. The van der Waals surface area contributed by atoms with E-state index in [9.17, 15) is 9.59 Å². The highest BCUT2D eigenvalue weighted by molar-refractivity contribution is 5.92. The maximum atomic E-state index is 12.4. The highest BCUT2D eigenvalue weighted by Gasteiger charge is 2.24. The Kier molecular flexibility index (Phi) is 6.46. The fourth-order valence-electron chi connectivity index (χ4n) is 3.32. The molecule has 1 aromatic carbocycles. The average molecular weight is 361 g/mol. The van der Waals surface area contributed by atoms with E-state index < -0.39 is 0 Å². The second kappa shape index (κ2) is 9.00. The van der Waals surface area contributed by atoms with E-state index in [4.69, 9.17) is 9.47 Å². The van der Waals surface area contributed by atoms with E-state index in [0.717, 1.165) is 39.1 Å². The number of ether oxygens (including phenoxy) is 2. The van der Waals surface area contributed by atoms with Gasteiger partial charge in [-0.3, -0.25) is 4.90 Å². The van der Waals surface area contributed by atoms with Crippen LogP contribution in [-0.4, -0.2) is 73.8 Å². The molecule has 1 atom stereocenters. The standard InChI is InChI=1S/C19H27N3O4/c1-2-25-18(23)15-5-7-16(8-6-15)20-19(24)22-11-9-21(10-12-22)14-17-4-3-13-26-17/h5-8,17H,2-4,9-14H2,1H3,(H,20,24). The van der Waals surface area contributed by atoms with Crippen LogP contribution in [0.4, 0.5) is 10.5 Å². The SMILES string of the molecule is CCOC(=O)c1ccc(NC(=O)N2CCN(CC3CCCO3)CC2)cc1. The maximum Gasteiger partial charge on any atom is 0.338 e. The van der Waals surface area contributed by atoms with Gasteiger partial charge in [0.25, 0.3) is 0 Å². The zero-order chi connectivity index (χ0) is 18.4. The van der Waals surface area contributed by atoms with Gasteiger partial charge in [-0.2, -0.15) is 0 Å². The first kappa shape index (κ1) is 18.7. The van der Waals surface area contributed by atoms with Crippen molar-refractivity contribution in [3.63, 3.8) is 0 Å². The first-order valence-electron chi connectivity index (χ1n) is 9.33. The molecule has 2 fully saturated rings. The van der Waals surface area contributed by atoms with Crippen LogP contribution in [0.25, 0.3) is 0 Å². The zero-order valence-electron chi connectivity index (χ0n) is 15.3. The molecule has 0 bridgehead atoms. The molecule has 2 amide bonds. The van der Waals surface area contributed by atoms with E-state index in [-0.39, 0.29) is 12.0 Å². The largest absolute Gasteiger partial charge is 0.462 e. The molecule has 0 aromatic heterocycles. The van der Waals surface area contributed by atoms with Crippen LogP contribution in [0.2, 0.25) is 0 Å². The Hall–Kier alpha value is -2.12. The first-order valence-corrected chi connectivity index (χ1v) is 9.33. The van der Waals surface area contributed by atoms with Gasteiger partial charge < -0.3 is 19.7 Å². The third-order valence-corrected chi connectivity index (χ3v) is 4.79. The minimum absolute atomic E-state index is 0.106. The summed E-state index contributed by atoms with van der Waals surface area (Å²) in [5, 5.41) is 2.89. The number of urea groups is 1. The molecule has 0 aliphatic carbocycles. The number of rotatable bonds is 5. The third-order valence-electron chi connectivity index (χ3n) is 4.79. The molecule has 2 aliphatic rings. The molecule has 7 heteroatoms. The minimum Gasteiger partial charge on any atom is -0.462 e. The number of nitrogens with zero attached hydrogens (tertiary/aromatic N) is 2. The lowest BCUT2D eigenvalue weighted by atomic mass is 10.2. The van der Waals surface area contributed by atoms with Crippen LogP contribution >= 0.6 is 0 Å². The van der Waals surface area contributed by atoms with E-state index in [1.807, 2.05) is 4.90 Å². The van der Waals surface area contributed by atoms with E-state index >= 15 is 0 Å². The Morgan fingerprint density at radius 1 is 1.19 bits per heavy atom. The molecule has 1 aromatic rings. The number of piperazine rings is 1. The summed E-state index contributed by atoms with van der Waals surface area (Å²) in [5.74, 6) is -0.354. The predicted molar refractivity (Wildman–Crippen MR) is 98.4 cm³/mol. The van der Waals surface area contributed by atoms with Gasteiger partial charge in [0.1, 0.15) is 0 Å². The van der Waals surface area contributed by atoms with Gasteiger partial charge in [0, 0.05) is 45.0 Å². The normalized spacial score (nSPS) is 20.8. The lowest BCUT2D eigenvalue weighted by Gasteiger charge is -2.35. The predicted octanol–water partition coefficient (Wildman–Crippen LogP) is 2.19. The van der Waals surface area contributed by atoms with E-state index in [1.54, 1.807) is 31.2 Å². The second-order valence-corrected chi connectivity index (χ2v) is 6.65. The summed E-state index contributed by atoms with van der Waals surface area (Å²) in [6.45, 7) is 7.11. The molecule has 0 radical (unpaired) electrons. The fraction of sp³-hybridized carbons (Fsp3) is 0.579. The Labute approximate surface area is 154 Å². The van der Waals surface area contributed by atoms with Gasteiger partial charge in [0.15, 0.2) is 0 Å². The Balaban J connectivity index is 1.44. The number of hydrogen-bond acceptors (Lipinski definition) is 5. The molecule has 1 unspecified atom stereocenters. The lowest BCUT2D eigenvalue weighted by Crippen LogP contribution is -2.51. The Morgan fingerprint density at radius 2 is 1.92 bits per heavy atom. The number of carbonyl (C=O) groups is 2.